The number of furan rings is 1. The predicted octanol–water partition coefficient (Wildman–Crippen LogP) is 2.77. The number of hydrogen-bond donors (Lipinski definition) is 1. The zero-order valence-electron chi connectivity index (χ0n) is 15.0. The Morgan fingerprint density at radius 3 is 2.81 bits per heavy atom. The number of nitrogens with zero attached hydrogens (tertiary/aromatic N) is 1. The van der Waals surface area contributed by atoms with E-state index in [2.05, 4.69) is 10.2 Å². The predicted molar refractivity (Wildman–Crippen MR) is 98.5 cm³/mol. The van der Waals surface area contributed by atoms with E-state index in [0.29, 0.717) is 41.8 Å². The minimum Gasteiger partial charge on any atom is -0.465 e. The Morgan fingerprint density at radius 1 is 1.26 bits per heavy atom. The Bertz CT molecular complexity index is 832. The van der Waals surface area contributed by atoms with Crippen LogP contribution in [0.4, 0.5) is 0 Å². The molecule has 0 radical (unpaired) electrons. The van der Waals surface area contributed by atoms with Gasteiger partial charge in [-0.05, 0) is 31.2 Å². The van der Waals surface area contributed by atoms with Gasteiger partial charge in [0.05, 0.1) is 24.3 Å². The standard InChI is InChI=1S/C19H21ClN2O5/c1-12-2-3-16(27-12)15(22-4-6-24-7-5-22)10-21-19(23)13-8-14(20)18-17(9-13)25-11-26-18/h2-3,8-9,15H,4-7,10-11H2,1H3,(H,21,23). The molecule has 2 aliphatic heterocycles. The summed E-state index contributed by atoms with van der Waals surface area (Å²) in [5, 5.41) is 3.35. The van der Waals surface area contributed by atoms with Gasteiger partial charge in [-0.15, -0.1) is 0 Å². The Kier molecular flexibility index (Phi) is 5.24. The summed E-state index contributed by atoms with van der Waals surface area (Å²) in [6.45, 7) is 5.35. The third kappa shape index (κ3) is 3.90. The molecule has 0 aliphatic carbocycles. The van der Waals surface area contributed by atoms with Crippen molar-refractivity contribution in [1.82, 2.24) is 10.2 Å². The molecule has 144 valence electrons. The number of benzene rings is 1. The fourth-order valence-corrected chi connectivity index (χ4v) is 3.59. The molecule has 0 saturated carbocycles. The number of rotatable bonds is 5. The van der Waals surface area contributed by atoms with E-state index in [9.17, 15) is 4.79 Å². The second kappa shape index (κ2) is 7.80. The van der Waals surface area contributed by atoms with Crippen molar-refractivity contribution >= 4 is 17.5 Å². The van der Waals surface area contributed by atoms with Crippen molar-refractivity contribution in [2.24, 2.45) is 0 Å². The minimum absolute atomic E-state index is 0.0592. The lowest BCUT2D eigenvalue weighted by Gasteiger charge is -2.33. The lowest BCUT2D eigenvalue weighted by molar-refractivity contribution is 0.0117. The zero-order valence-corrected chi connectivity index (χ0v) is 15.8. The fourth-order valence-electron chi connectivity index (χ4n) is 3.32. The first-order valence-electron chi connectivity index (χ1n) is 8.87. The van der Waals surface area contributed by atoms with Crippen molar-refractivity contribution in [1.29, 1.82) is 0 Å². The van der Waals surface area contributed by atoms with Crippen LogP contribution in [-0.4, -0.2) is 50.4 Å². The molecule has 1 unspecified atom stereocenters. The molecule has 4 rings (SSSR count). The molecule has 8 heteroatoms. The summed E-state index contributed by atoms with van der Waals surface area (Å²) >= 11 is 6.18. The van der Waals surface area contributed by atoms with Crippen LogP contribution >= 0.6 is 11.6 Å². The van der Waals surface area contributed by atoms with Crippen molar-refractivity contribution in [3.63, 3.8) is 0 Å². The second-order valence-corrected chi connectivity index (χ2v) is 6.92. The molecule has 1 saturated heterocycles. The van der Waals surface area contributed by atoms with Gasteiger partial charge in [0, 0.05) is 25.2 Å². The number of amides is 1. The lowest BCUT2D eigenvalue weighted by atomic mass is 10.1. The first kappa shape index (κ1) is 18.2. The molecular weight excluding hydrogens is 372 g/mol. The molecule has 27 heavy (non-hydrogen) atoms. The van der Waals surface area contributed by atoms with Crippen LogP contribution in [0.5, 0.6) is 11.5 Å². The summed E-state index contributed by atoms with van der Waals surface area (Å²) in [6.07, 6.45) is 0. The molecule has 1 fully saturated rings. The fraction of sp³-hybridized carbons (Fsp3) is 0.421. The van der Waals surface area contributed by atoms with Crippen molar-refractivity contribution < 1.29 is 23.4 Å². The van der Waals surface area contributed by atoms with E-state index in [1.807, 2.05) is 19.1 Å². The number of carbonyl (C=O) groups excluding carboxylic acids is 1. The van der Waals surface area contributed by atoms with Crippen molar-refractivity contribution in [2.45, 2.75) is 13.0 Å². The second-order valence-electron chi connectivity index (χ2n) is 6.51. The molecule has 1 N–H and O–H groups in total. The highest BCUT2D eigenvalue weighted by Gasteiger charge is 2.26. The van der Waals surface area contributed by atoms with Gasteiger partial charge in [0.1, 0.15) is 11.5 Å². The van der Waals surface area contributed by atoms with Crippen LogP contribution in [0.3, 0.4) is 0 Å². The smallest absolute Gasteiger partial charge is 0.251 e. The minimum atomic E-state index is -0.225. The van der Waals surface area contributed by atoms with Crippen LogP contribution in [0, 0.1) is 6.92 Å². The van der Waals surface area contributed by atoms with Gasteiger partial charge >= 0.3 is 0 Å². The Labute approximate surface area is 162 Å². The summed E-state index contributed by atoms with van der Waals surface area (Å²) in [5.41, 5.74) is 0.431. The number of hydrogen-bond acceptors (Lipinski definition) is 6. The molecule has 2 aliphatic rings. The van der Waals surface area contributed by atoms with Crippen LogP contribution in [0.2, 0.25) is 5.02 Å². The van der Waals surface area contributed by atoms with Crippen LogP contribution in [0.15, 0.2) is 28.7 Å². The average Bonchev–Trinajstić information content (AvgIpc) is 3.32. The lowest BCUT2D eigenvalue weighted by Crippen LogP contribution is -2.43. The van der Waals surface area contributed by atoms with Gasteiger partial charge in [-0.25, -0.2) is 0 Å². The highest BCUT2D eigenvalue weighted by Crippen LogP contribution is 2.39. The summed E-state index contributed by atoms with van der Waals surface area (Å²) in [7, 11) is 0. The Hall–Kier alpha value is -2.22. The molecule has 0 spiro atoms. The van der Waals surface area contributed by atoms with E-state index in [1.165, 1.54) is 0 Å². The van der Waals surface area contributed by atoms with Gasteiger partial charge in [0.15, 0.2) is 11.5 Å². The molecule has 1 amide bonds. The summed E-state index contributed by atoms with van der Waals surface area (Å²) in [4.78, 5) is 14.9. The number of nitrogens with one attached hydrogen (secondary N) is 1. The molecule has 1 atom stereocenters. The van der Waals surface area contributed by atoms with Gasteiger partial charge in [0.25, 0.3) is 5.91 Å². The zero-order chi connectivity index (χ0) is 18.8. The highest BCUT2D eigenvalue weighted by atomic mass is 35.5. The van der Waals surface area contributed by atoms with E-state index in [4.69, 9.17) is 30.2 Å². The average molecular weight is 393 g/mol. The number of halogens is 1. The highest BCUT2D eigenvalue weighted by molar-refractivity contribution is 6.32. The van der Waals surface area contributed by atoms with Crippen LogP contribution in [0.25, 0.3) is 0 Å². The van der Waals surface area contributed by atoms with E-state index in [0.717, 1.165) is 24.6 Å². The topological polar surface area (TPSA) is 73.2 Å². The van der Waals surface area contributed by atoms with E-state index >= 15 is 0 Å². The summed E-state index contributed by atoms with van der Waals surface area (Å²) in [5.74, 6) is 2.41. The number of aryl methyl sites for hydroxylation is 1. The first-order valence-corrected chi connectivity index (χ1v) is 9.25. The quantitative estimate of drug-likeness (QED) is 0.843. The molecule has 1 aromatic carbocycles. The maximum absolute atomic E-state index is 12.7. The van der Waals surface area contributed by atoms with Crippen molar-refractivity contribution in [2.75, 3.05) is 39.6 Å². The molecule has 1 aromatic heterocycles. The Balaban J connectivity index is 1.48. The number of morpholine rings is 1. The van der Waals surface area contributed by atoms with Gasteiger partial charge < -0.3 is 23.9 Å². The monoisotopic (exact) mass is 392 g/mol. The van der Waals surface area contributed by atoms with E-state index in [1.54, 1.807) is 12.1 Å². The van der Waals surface area contributed by atoms with Crippen molar-refractivity contribution in [3.8, 4) is 11.5 Å². The van der Waals surface area contributed by atoms with Crippen LogP contribution in [0.1, 0.15) is 27.9 Å². The van der Waals surface area contributed by atoms with Crippen LogP contribution < -0.4 is 14.8 Å². The first-order chi connectivity index (χ1) is 13.1. The number of ether oxygens (including phenoxy) is 3. The normalized spacial score (nSPS) is 17.7. The molecule has 7 nitrogen and oxygen atoms in total. The molecule has 2 aromatic rings. The summed E-state index contributed by atoms with van der Waals surface area (Å²) in [6, 6.07) is 7.06. The van der Waals surface area contributed by atoms with Gasteiger partial charge in [0.2, 0.25) is 6.79 Å². The third-order valence-electron chi connectivity index (χ3n) is 4.72. The number of fused-ring (bicyclic) bond motifs is 1. The van der Waals surface area contributed by atoms with Crippen molar-refractivity contribution in [3.05, 3.63) is 46.4 Å². The number of carbonyl (C=O) groups is 1. The summed E-state index contributed by atoms with van der Waals surface area (Å²) < 4.78 is 21.9. The maximum Gasteiger partial charge on any atom is 0.251 e. The third-order valence-corrected chi connectivity index (χ3v) is 5.00. The largest absolute Gasteiger partial charge is 0.465 e. The van der Waals surface area contributed by atoms with E-state index < -0.39 is 0 Å². The van der Waals surface area contributed by atoms with E-state index in [-0.39, 0.29) is 18.7 Å². The van der Waals surface area contributed by atoms with Gasteiger partial charge in [-0.3, -0.25) is 9.69 Å². The van der Waals surface area contributed by atoms with Gasteiger partial charge in [-0.2, -0.15) is 0 Å². The van der Waals surface area contributed by atoms with Gasteiger partial charge in [-0.1, -0.05) is 11.6 Å². The maximum atomic E-state index is 12.7. The molecular formula is C19H21ClN2O5. The van der Waals surface area contributed by atoms with Crippen LogP contribution in [-0.2, 0) is 4.74 Å². The molecule has 3 heterocycles. The SMILES string of the molecule is Cc1ccc(C(CNC(=O)c2cc(Cl)c3c(c2)OCO3)N2CCOCC2)o1. The Morgan fingerprint density at radius 2 is 2.07 bits per heavy atom. The molecule has 0 bridgehead atoms.